The van der Waals surface area contributed by atoms with Gasteiger partial charge in [-0.2, -0.15) is 0 Å². The van der Waals surface area contributed by atoms with Gasteiger partial charge in [0.15, 0.2) is 9.68 Å². The molecule has 3 aromatic heterocycles. The summed E-state index contributed by atoms with van der Waals surface area (Å²) >= 11 is 1.49. The lowest BCUT2D eigenvalue weighted by molar-refractivity contribution is -0.148. The Morgan fingerprint density at radius 1 is 1.15 bits per heavy atom. The zero-order chi connectivity index (χ0) is 42.8. The molecule has 2 N–H and O–H groups in total. The number of piperazine rings is 1. The van der Waals surface area contributed by atoms with Gasteiger partial charge < -0.3 is 33.9 Å². The van der Waals surface area contributed by atoms with E-state index in [9.17, 15) is 14.4 Å². The molecule has 1 unspecified atom stereocenters. The molecule has 321 valence electrons. The monoisotopic (exact) mass is 879 g/mol. The highest BCUT2D eigenvalue weighted by Gasteiger charge is 2.54. The number of ether oxygens (including phenoxy) is 3. The molecule has 2 aliphatic carbocycles. The lowest BCUT2D eigenvalue weighted by Gasteiger charge is -2.48. The molecule has 6 atom stereocenters. The van der Waals surface area contributed by atoms with Crippen molar-refractivity contribution in [2.45, 2.75) is 75.7 Å². The van der Waals surface area contributed by atoms with Crippen molar-refractivity contribution in [3.05, 3.63) is 52.1 Å². The molecule has 3 aliphatic heterocycles. The summed E-state index contributed by atoms with van der Waals surface area (Å²) in [6.07, 6.45) is 4.12. The maximum Gasteiger partial charge on any atom is 0.307 e. The van der Waals surface area contributed by atoms with Crippen LogP contribution in [-0.4, -0.2) is 135 Å². The summed E-state index contributed by atoms with van der Waals surface area (Å²) in [5.41, 5.74) is 6.76. The van der Waals surface area contributed by atoms with Gasteiger partial charge in [0.2, 0.25) is 5.91 Å². The van der Waals surface area contributed by atoms with Gasteiger partial charge in [0.25, 0.3) is 5.91 Å². The number of hydrazine groups is 1. The van der Waals surface area contributed by atoms with E-state index in [1.807, 2.05) is 11.6 Å². The van der Waals surface area contributed by atoms with E-state index in [1.54, 1.807) is 19.2 Å². The number of nitrogens with zero attached hydrogens (tertiary/aromatic N) is 6. The number of methoxy groups -OCH3 is 2. The van der Waals surface area contributed by atoms with Gasteiger partial charge in [0.1, 0.15) is 6.04 Å². The van der Waals surface area contributed by atoms with Crippen molar-refractivity contribution in [1.82, 2.24) is 34.9 Å². The quantitative estimate of drug-likeness (QED) is 0.205. The number of benzene rings is 1. The number of aromatic nitrogens is 3. The third-order valence-electron chi connectivity index (χ3n) is 13.4. The van der Waals surface area contributed by atoms with Gasteiger partial charge in [-0.25, -0.2) is 4.98 Å². The van der Waals surface area contributed by atoms with Gasteiger partial charge >= 0.3 is 5.97 Å². The zero-order valence-corrected chi connectivity index (χ0v) is 38.7. The number of carbonyl (C=O) groups excluding carboxylic acids is 3. The Hall–Kier alpha value is -3.98. The Bertz CT molecular complexity index is 2350. The second kappa shape index (κ2) is 16.6. The summed E-state index contributed by atoms with van der Waals surface area (Å²) in [6.45, 7) is 12.0. The number of thiazole rings is 1. The van der Waals surface area contributed by atoms with Crippen LogP contribution in [0.3, 0.4) is 0 Å². The standard InChI is InChI=1S/C44H55N8O6SSi2/c1-7-51-33-11-10-25-17-29(33)36-37(51)30-19-27(50-15-13-49(4)14-16-50)21-45-39(30)44(60,57-6)38(36)43(2,3)24-58-42(55)34-9-8-12-52(48-61-34)41(54)31(20-35-46-32(25)23-59-35)47-40(53)28-18-26(28)22-56-5/h10-11,17,19,21,23,26,28,31,34,38,48H,7-9,12-16,18,20,22,24H2,1-6H3,(H,47,53)/t26-,28+,31-,34-,38?,44+/m0/s1. The van der Waals surface area contributed by atoms with Crippen molar-refractivity contribution in [2.75, 3.05) is 72.1 Å². The molecular weight excluding hydrogens is 825 g/mol. The third-order valence-corrected chi connectivity index (χ3v) is 16.3. The van der Waals surface area contributed by atoms with E-state index in [0.717, 1.165) is 94.5 Å². The topological polar surface area (TPSA) is 143 Å². The maximum atomic E-state index is 14.3. The molecule has 2 saturated heterocycles. The number of cyclic esters (lactones) is 1. The smallest absolute Gasteiger partial charge is 0.307 e. The van der Waals surface area contributed by atoms with E-state index < -0.39 is 22.2 Å². The molecule has 1 aromatic carbocycles. The minimum absolute atomic E-state index is 0.0813. The van der Waals surface area contributed by atoms with E-state index >= 15 is 0 Å². The van der Waals surface area contributed by atoms with Gasteiger partial charge in [-0.3, -0.25) is 29.5 Å². The van der Waals surface area contributed by atoms with Crippen molar-refractivity contribution in [3.8, 4) is 22.5 Å². The number of amides is 2. The number of anilines is 1. The molecule has 5 aliphatic rings. The molecule has 6 bridgehead atoms. The molecule has 2 amide bonds. The van der Waals surface area contributed by atoms with E-state index in [0.29, 0.717) is 26.0 Å². The van der Waals surface area contributed by atoms with Crippen molar-refractivity contribution in [1.29, 1.82) is 0 Å². The predicted octanol–water partition coefficient (Wildman–Crippen LogP) is 4.09. The first-order valence-electron chi connectivity index (χ1n) is 21.5. The van der Waals surface area contributed by atoms with Gasteiger partial charge in [0, 0.05) is 111 Å². The van der Waals surface area contributed by atoms with E-state index in [2.05, 4.69) is 87.1 Å². The Balaban J connectivity index is 1.18. The van der Waals surface area contributed by atoms with Gasteiger partial charge in [-0.15, -0.1) is 11.3 Å². The van der Waals surface area contributed by atoms with Crippen molar-refractivity contribution in [2.24, 2.45) is 17.3 Å². The summed E-state index contributed by atoms with van der Waals surface area (Å²) in [7, 11) is 9.72. The minimum atomic E-state index is -1.08. The van der Waals surface area contributed by atoms with Crippen LogP contribution < -0.4 is 15.3 Å². The number of likely N-dealkylation sites (N-methyl/N-ethyl adjacent to an activating group) is 1. The second-order valence-corrected chi connectivity index (χ2v) is 20.9. The molecule has 4 aromatic rings. The average Bonchev–Trinajstić information content (AvgIpc) is 3.85. The van der Waals surface area contributed by atoms with E-state index in [1.165, 1.54) is 11.3 Å². The number of hydrogen-bond acceptors (Lipinski definition) is 12. The number of aryl methyl sites for hydroxylation is 1. The highest BCUT2D eigenvalue weighted by molar-refractivity contribution is 7.10. The fourth-order valence-corrected chi connectivity index (χ4v) is 12.6. The third kappa shape index (κ3) is 7.67. The summed E-state index contributed by atoms with van der Waals surface area (Å²) < 4.78 is 20.6. The number of fused-ring (bicyclic) bond motifs is 9. The first kappa shape index (κ1) is 42.3. The molecule has 17 heteroatoms. The van der Waals surface area contributed by atoms with Crippen LogP contribution >= 0.6 is 11.3 Å². The number of hydrogen-bond donors (Lipinski definition) is 2. The fourth-order valence-electron chi connectivity index (χ4n) is 9.98. The van der Waals surface area contributed by atoms with Crippen LogP contribution in [0, 0.1) is 17.3 Å². The number of esters is 1. The molecule has 3 fully saturated rings. The first-order valence-corrected chi connectivity index (χ1v) is 23.9. The summed E-state index contributed by atoms with van der Waals surface area (Å²) in [6, 6.07) is 7.97. The number of carbonyl (C=O) groups is 3. The highest BCUT2D eigenvalue weighted by atomic mass is 32.1. The Morgan fingerprint density at radius 2 is 1.95 bits per heavy atom. The number of pyridine rings is 1. The summed E-state index contributed by atoms with van der Waals surface area (Å²) in [4.78, 5) is 57.0. The molecule has 5 radical (unpaired) electrons. The molecule has 0 spiro atoms. The molecule has 14 nitrogen and oxygen atoms in total. The Morgan fingerprint density at radius 3 is 2.70 bits per heavy atom. The van der Waals surface area contributed by atoms with Crippen LogP contribution in [0.4, 0.5) is 5.69 Å². The number of nitrogens with one attached hydrogen (secondary N) is 2. The molecule has 6 heterocycles. The predicted molar refractivity (Wildman–Crippen MR) is 236 cm³/mol. The molecule has 1 saturated carbocycles. The SMILES string of the molecule is CCn1c2c3c4cc(ccc41)-c1csc(n1)C[C@H](NC(=O)[C@@H]1C[C@H]1COC)C(=O)N1CCC[C@H]([Si]N1)C(=O)OCC(C)(C)C3[C@]([Si])(OC)c1ncc(N3CCN(C)CC3)cc1-2. The van der Waals surface area contributed by atoms with Crippen molar-refractivity contribution in [3.63, 3.8) is 0 Å². The Kier molecular flexibility index (Phi) is 11.5. The summed E-state index contributed by atoms with van der Waals surface area (Å²) in [5.74, 6) is -1.09. The fraction of sp³-hybridized carbons (Fsp3) is 0.568. The Labute approximate surface area is 367 Å². The second-order valence-electron chi connectivity index (χ2n) is 18.0. The zero-order valence-electron chi connectivity index (χ0n) is 35.9. The van der Waals surface area contributed by atoms with Crippen LogP contribution in [0.15, 0.2) is 35.8 Å². The van der Waals surface area contributed by atoms with Crippen LogP contribution in [0.25, 0.3) is 33.4 Å². The normalized spacial score (nSPS) is 27.9. The van der Waals surface area contributed by atoms with Gasteiger partial charge in [-0.1, -0.05) is 19.9 Å². The van der Waals surface area contributed by atoms with Crippen LogP contribution in [-0.2, 0) is 46.8 Å². The average molecular weight is 880 g/mol. The largest absolute Gasteiger partial charge is 0.465 e. The molecular formula is C44H55N8O6SSi2. The molecule has 61 heavy (non-hydrogen) atoms. The highest BCUT2D eigenvalue weighted by Crippen LogP contribution is 2.59. The minimum Gasteiger partial charge on any atom is -0.465 e. The van der Waals surface area contributed by atoms with E-state index in [4.69, 9.17) is 24.2 Å². The van der Waals surface area contributed by atoms with Crippen molar-refractivity contribution < 1.29 is 28.6 Å². The molecule has 9 rings (SSSR count). The number of rotatable bonds is 7. The maximum absolute atomic E-state index is 14.3. The summed E-state index contributed by atoms with van der Waals surface area (Å²) in [5, 5.41) is 10.7. The van der Waals surface area contributed by atoms with Crippen molar-refractivity contribution >= 4 is 65.6 Å². The lowest BCUT2D eigenvalue weighted by atomic mass is 9.66. The van der Waals surface area contributed by atoms with Crippen LogP contribution in [0.2, 0.25) is 5.54 Å². The van der Waals surface area contributed by atoms with E-state index in [-0.39, 0.29) is 58.2 Å². The first-order chi connectivity index (χ1) is 29.3. The lowest BCUT2D eigenvalue weighted by Crippen LogP contribution is -2.55. The van der Waals surface area contributed by atoms with Crippen LogP contribution in [0.5, 0.6) is 0 Å². The van der Waals surface area contributed by atoms with Crippen LogP contribution in [0.1, 0.15) is 62.2 Å². The van der Waals surface area contributed by atoms with Gasteiger partial charge in [0.05, 0.1) is 61.6 Å². The van der Waals surface area contributed by atoms with Gasteiger partial charge in [-0.05, 0) is 62.9 Å².